The average Bonchev–Trinajstić information content (AvgIpc) is 2.73. The molecule has 0 heterocycles. The lowest BCUT2D eigenvalue weighted by atomic mass is 9.94. The van der Waals surface area contributed by atoms with Gasteiger partial charge in [0.05, 0.1) is 6.61 Å². The van der Waals surface area contributed by atoms with Crippen LogP contribution in [0.4, 0.5) is 0 Å². The summed E-state index contributed by atoms with van der Waals surface area (Å²) in [6, 6.07) is 0. The molecular formula is C13H28N2O. The van der Waals surface area contributed by atoms with Crippen LogP contribution in [0.1, 0.15) is 39.5 Å². The SMILES string of the molecule is COCCN(CC(C)C)C1(CN)CCCC1. The molecule has 0 spiro atoms. The van der Waals surface area contributed by atoms with Crippen molar-refractivity contribution in [3.63, 3.8) is 0 Å². The Morgan fingerprint density at radius 3 is 2.38 bits per heavy atom. The van der Waals surface area contributed by atoms with Crippen LogP contribution in [0, 0.1) is 5.92 Å². The van der Waals surface area contributed by atoms with Crippen LogP contribution >= 0.6 is 0 Å². The molecule has 0 aromatic rings. The van der Waals surface area contributed by atoms with E-state index in [1.165, 1.54) is 25.7 Å². The highest BCUT2D eigenvalue weighted by molar-refractivity contribution is 4.96. The zero-order chi connectivity index (χ0) is 12.0. The maximum absolute atomic E-state index is 6.03. The molecule has 2 N–H and O–H groups in total. The van der Waals surface area contributed by atoms with Crippen molar-refractivity contribution in [2.45, 2.75) is 45.1 Å². The lowest BCUT2D eigenvalue weighted by molar-refractivity contribution is 0.0535. The summed E-state index contributed by atoms with van der Waals surface area (Å²) in [6.45, 7) is 8.32. The fourth-order valence-corrected chi connectivity index (χ4v) is 2.85. The number of nitrogens with two attached hydrogens (primary N) is 1. The van der Waals surface area contributed by atoms with Crippen LogP contribution in [0.2, 0.25) is 0 Å². The van der Waals surface area contributed by atoms with Crippen LogP contribution < -0.4 is 5.73 Å². The molecule has 0 aromatic carbocycles. The van der Waals surface area contributed by atoms with Gasteiger partial charge in [-0.2, -0.15) is 0 Å². The Morgan fingerprint density at radius 1 is 1.31 bits per heavy atom. The molecule has 3 nitrogen and oxygen atoms in total. The molecule has 0 bridgehead atoms. The normalized spacial score (nSPS) is 19.9. The fraction of sp³-hybridized carbons (Fsp3) is 1.00. The minimum atomic E-state index is 0.267. The Labute approximate surface area is 100 Å². The third-order valence-electron chi connectivity index (χ3n) is 3.74. The first-order valence-electron chi connectivity index (χ1n) is 6.58. The third-order valence-corrected chi connectivity index (χ3v) is 3.74. The van der Waals surface area contributed by atoms with Crippen LogP contribution in [0.3, 0.4) is 0 Å². The van der Waals surface area contributed by atoms with Gasteiger partial charge in [0.2, 0.25) is 0 Å². The summed E-state index contributed by atoms with van der Waals surface area (Å²) in [5.74, 6) is 0.695. The van der Waals surface area contributed by atoms with Crippen molar-refractivity contribution in [1.82, 2.24) is 4.90 Å². The second kappa shape index (κ2) is 6.58. The Morgan fingerprint density at radius 2 is 1.94 bits per heavy atom. The zero-order valence-corrected chi connectivity index (χ0v) is 11.2. The third kappa shape index (κ3) is 3.44. The van der Waals surface area contributed by atoms with E-state index in [0.717, 1.165) is 26.2 Å². The van der Waals surface area contributed by atoms with E-state index < -0.39 is 0 Å². The van der Waals surface area contributed by atoms with Gasteiger partial charge in [-0.05, 0) is 18.8 Å². The van der Waals surface area contributed by atoms with Gasteiger partial charge in [-0.25, -0.2) is 0 Å². The monoisotopic (exact) mass is 228 g/mol. The standard InChI is InChI=1S/C13H28N2O/c1-12(2)10-15(8-9-16-3)13(11-14)6-4-5-7-13/h12H,4-11,14H2,1-3H3. The van der Waals surface area contributed by atoms with E-state index in [1.807, 2.05) is 0 Å². The fourth-order valence-electron chi connectivity index (χ4n) is 2.85. The second-order valence-corrected chi connectivity index (χ2v) is 5.47. The van der Waals surface area contributed by atoms with Gasteiger partial charge in [0.25, 0.3) is 0 Å². The van der Waals surface area contributed by atoms with Crippen LogP contribution in [0.5, 0.6) is 0 Å². The van der Waals surface area contributed by atoms with Gasteiger partial charge in [0.15, 0.2) is 0 Å². The highest BCUT2D eigenvalue weighted by Crippen LogP contribution is 2.34. The van der Waals surface area contributed by atoms with E-state index in [4.69, 9.17) is 10.5 Å². The molecule has 0 aliphatic heterocycles. The van der Waals surface area contributed by atoms with Gasteiger partial charge in [-0.3, -0.25) is 4.90 Å². The number of methoxy groups -OCH3 is 1. The summed E-state index contributed by atoms with van der Waals surface area (Å²) >= 11 is 0. The molecule has 0 radical (unpaired) electrons. The molecular weight excluding hydrogens is 200 g/mol. The molecule has 1 aliphatic carbocycles. The largest absolute Gasteiger partial charge is 0.383 e. The smallest absolute Gasteiger partial charge is 0.0589 e. The summed E-state index contributed by atoms with van der Waals surface area (Å²) in [5, 5.41) is 0. The molecule has 0 saturated heterocycles. The van der Waals surface area contributed by atoms with Crippen molar-refractivity contribution in [1.29, 1.82) is 0 Å². The molecule has 1 aliphatic rings. The minimum absolute atomic E-state index is 0.267. The topological polar surface area (TPSA) is 38.5 Å². The highest BCUT2D eigenvalue weighted by atomic mass is 16.5. The van der Waals surface area contributed by atoms with Gasteiger partial charge in [0, 0.05) is 32.3 Å². The second-order valence-electron chi connectivity index (χ2n) is 5.47. The quantitative estimate of drug-likeness (QED) is 0.723. The molecule has 0 atom stereocenters. The summed E-state index contributed by atoms with van der Waals surface area (Å²) in [7, 11) is 1.78. The van der Waals surface area contributed by atoms with Gasteiger partial charge in [-0.15, -0.1) is 0 Å². The summed E-state index contributed by atoms with van der Waals surface area (Å²) < 4.78 is 5.22. The predicted molar refractivity (Wildman–Crippen MR) is 68.5 cm³/mol. The summed E-state index contributed by atoms with van der Waals surface area (Å²) in [5.41, 5.74) is 6.30. The van der Waals surface area contributed by atoms with E-state index in [-0.39, 0.29) is 5.54 Å². The van der Waals surface area contributed by atoms with Gasteiger partial charge < -0.3 is 10.5 Å². The van der Waals surface area contributed by atoms with E-state index in [0.29, 0.717) is 5.92 Å². The Bertz CT molecular complexity index is 188. The number of nitrogens with zero attached hydrogens (tertiary/aromatic N) is 1. The molecule has 0 amide bonds. The van der Waals surface area contributed by atoms with E-state index in [9.17, 15) is 0 Å². The van der Waals surface area contributed by atoms with Crippen molar-refractivity contribution in [2.24, 2.45) is 11.7 Å². The Kier molecular flexibility index (Phi) is 5.73. The van der Waals surface area contributed by atoms with Crippen molar-refractivity contribution in [3.05, 3.63) is 0 Å². The number of rotatable bonds is 7. The van der Waals surface area contributed by atoms with Gasteiger partial charge in [-0.1, -0.05) is 26.7 Å². The summed E-state index contributed by atoms with van der Waals surface area (Å²) in [6.07, 6.45) is 5.19. The van der Waals surface area contributed by atoms with E-state index >= 15 is 0 Å². The number of ether oxygens (including phenoxy) is 1. The molecule has 1 saturated carbocycles. The molecule has 0 aromatic heterocycles. The number of hydrogen-bond acceptors (Lipinski definition) is 3. The molecule has 0 unspecified atom stereocenters. The van der Waals surface area contributed by atoms with E-state index in [2.05, 4.69) is 18.7 Å². The molecule has 16 heavy (non-hydrogen) atoms. The van der Waals surface area contributed by atoms with Crippen LogP contribution in [-0.4, -0.2) is 43.8 Å². The minimum Gasteiger partial charge on any atom is -0.383 e. The summed E-state index contributed by atoms with van der Waals surface area (Å²) in [4.78, 5) is 2.58. The van der Waals surface area contributed by atoms with E-state index in [1.54, 1.807) is 7.11 Å². The predicted octanol–water partition coefficient (Wildman–Crippen LogP) is 1.86. The van der Waals surface area contributed by atoms with Crippen molar-refractivity contribution in [3.8, 4) is 0 Å². The highest BCUT2D eigenvalue weighted by Gasteiger charge is 2.38. The lowest BCUT2D eigenvalue weighted by Crippen LogP contribution is -2.54. The van der Waals surface area contributed by atoms with Crippen molar-refractivity contribution >= 4 is 0 Å². The van der Waals surface area contributed by atoms with Crippen LogP contribution in [0.15, 0.2) is 0 Å². The van der Waals surface area contributed by atoms with Crippen molar-refractivity contribution in [2.75, 3.05) is 33.4 Å². The molecule has 3 heteroatoms. The van der Waals surface area contributed by atoms with Crippen molar-refractivity contribution < 1.29 is 4.74 Å². The van der Waals surface area contributed by atoms with Crippen LogP contribution in [-0.2, 0) is 4.74 Å². The maximum atomic E-state index is 6.03. The first kappa shape index (κ1) is 13.9. The average molecular weight is 228 g/mol. The lowest BCUT2D eigenvalue weighted by Gasteiger charge is -2.41. The Balaban J connectivity index is 2.63. The first-order chi connectivity index (χ1) is 7.64. The van der Waals surface area contributed by atoms with Gasteiger partial charge >= 0.3 is 0 Å². The first-order valence-corrected chi connectivity index (χ1v) is 6.58. The Hall–Kier alpha value is -0.120. The molecule has 1 rings (SSSR count). The van der Waals surface area contributed by atoms with Crippen LogP contribution in [0.25, 0.3) is 0 Å². The molecule has 96 valence electrons. The van der Waals surface area contributed by atoms with Gasteiger partial charge in [0.1, 0.15) is 0 Å². The zero-order valence-electron chi connectivity index (χ0n) is 11.2. The number of hydrogen-bond donors (Lipinski definition) is 1. The maximum Gasteiger partial charge on any atom is 0.0589 e. The molecule has 1 fully saturated rings.